The van der Waals surface area contributed by atoms with E-state index in [1.165, 1.54) is 77.0 Å². The Morgan fingerprint density at radius 3 is 1.08 bits per heavy atom. The van der Waals surface area contributed by atoms with Crippen LogP contribution in [-0.2, 0) is 28.6 Å². The molecule has 0 aliphatic carbocycles. The first kappa shape index (κ1) is 59.1. The Morgan fingerprint density at radius 1 is 0.333 bits per heavy atom. The first-order valence-electron chi connectivity index (χ1n) is 25.4. The summed E-state index contributed by atoms with van der Waals surface area (Å²) in [5.41, 5.74) is 0. The van der Waals surface area contributed by atoms with Crippen LogP contribution in [0.25, 0.3) is 0 Å². The molecule has 0 amide bonds. The number of hydrogen-bond acceptors (Lipinski definition) is 6. The summed E-state index contributed by atoms with van der Waals surface area (Å²) >= 11 is 0. The molecule has 356 valence electrons. The third-order valence-corrected chi connectivity index (χ3v) is 10.3. The molecule has 0 aromatic carbocycles. The summed E-state index contributed by atoms with van der Waals surface area (Å²) in [5, 5.41) is 0. The SMILES string of the molecule is CC/C=C\C/C=C\C/C=C\C/C=C\C/C=C\CCC(=O)OC(COC(=O)CCCC/C=C\C/C=C\C/C=C\CC)COC(=O)CCCCCCCCC/C=C\CCCCCCCC. The van der Waals surface area contributed by atoms with Crippen molar-refractivity contribution in [1.82, 2.24) is 0 Å². The highest BCUT2D eigenvalue weighted by Crippen LogP contribution is 2.13. The Labute approximate surface area is 387 Å². The minimum Gasteiger partial charge on any atom is -0.462 e. The topological polar surface area (TPSA) is 78.9 Å². The largest absolute Gasteiger partial charge is 0.462 e. The molecule has 0 N–H and O–H groups in total. The number of hydrogen-bond donors (Lipinski definition) is 0. The van der Waals surface area contributed by atoms with Crippen LogP contribution in [0.15, 0.2) is 109 Å². The van der Waals surface area contributed by atoms with E-state index in [9.17, 15) is 14.4 Å². The molecule has 0 fully saturated rings. The summed E-state index contributed by atoms with van der Waals surface area (Å²) in [7, 11) is 0. The van der Waals surface area contributed by atoms with Gasteiger partial charge in [0.25, 0.3) is 0 Å². The summed E-state index contributed by atoms with van der Waals surface area (Å²) in [6.45, 7) is 6.29. The lowest BCUT2D eigenvalue weighted by Gasteiger charge is -2.18. The van der Waals surface area contributed by atoms with E-state index in [0.29, 0.717) is 25.7 Å². The Kier molecular flexibility index (Phi) is 47.5. The van der Waals surface area contributed by atoms with Gasteiger partial charge in [0.2, 0.25) is 0 Å². The van der Waals surface area contributed by atoms with E-state index >= 15 is 0 Å². The van der Waals surface area contributed by atoms with Gasteiger partial charge >= 0.3 is 17.9 Å². The van der Waals surface area contributed by atoms with Gasteiger partial charge in [0, 0.05) is 19.3 Å². The zero-order valence-corrected chi connectivity index (χ0v) is 40.5. The lowest BCUT2D eigenvalue weighted by molar-refractivity contribution is -0.166. The van der Waals surface area contributed by atoms with Crippen molar-refractivity contribution in [2.45, 2.75) is 219 Å². The normalized spacial score (nSPS) is 13.0. The molecule has 0 aliphatic heterocycles. The van der Waals surface area contributed by atoms with Crippen LogP contribution in [0.1, 0.15) is 213 Å². The van der Waals surface area contributed by atoms with E-state index in [0.717, 1.165) is 83.5 Å². The summed E-state index contributed by atoms with van der Waals surface area (Å²) in [5.74, 6) is -1.06. The van der Waals surface area contributed by atoms with Crippen LogP contribution in [0.2, 0.25) is 0 Å². The number of carbonyl (C=O) groups is 3. The average Bonchev–Trinajstić information content (AvgIpc) is 3.28. The fourth-order valence-electron chi connectivity index (χ4n) is 6.50. The molecule has 1 atom stereocenters. The van der Waals surface area contributed by atoms with E-state index in [2.05, 4.69) is 118 Å². The van der Waals surface area contributed by atoms with E-state index in [1.807, 2.05) is 12.2 Å². The lowest BCUT2D eigenvalue weighted by atomic mass is 10.1. The van der Waals surface area contributed by atoms with Crippen molar-refractivity contribution in [3.8, 4) is 0 Å². The van der Waals surface area contributed by atoms with Gasteiger partial charge in [-0.1, -0.05) is 194 Å². The second kappa shape index (κ2) is 50.7. The third kappa shape index (κ3) is 49.0. The van der Waals surface area contributed by atoms with Crippen LogP contribution in [0.3, 0.4) is 0 Å². The Bertz CT molecular complexity index is 1330. The van der Waals surface area contributed by atoms with Crippen LogP contribution in [0.4, 0.5) is 0 Å². The van der Waals surface area contributed by atoms with E-state index in [1.54, 1.807) is 0 Å². The number of unbranched alkanes of at least 4 members (excludes halogenated alkanes) is 15. The molecule has 0 saturated carbocycles. The van der Waals surface area contributed by atoms with Crippen LogP contribution in [0.5, 0.6) is 0 Å². The smallest absolute Gasteiger partial charge is 0.306 e. The molecule has 0 rings (SSSR count). The summed E-state index contributed by atoms with van der Waals surface area (Å²) in [6, 6.07) is 0. The van der Waals surface area contributed by atoms with Crippen molar-refractivity contribution in [3.63, 3.8) is 0 Å². The first-order valence-corrected chi connectivity index (χ1v) is 25.4. The molecule has 63 heavy (non-hydrogen) atoms. The number of esters is 3. The van der Waals surface area contributed by atoms with Crippen LogP contribution in [-0.4, -0.2) is 37.2 Å². The lowest BCUT2D eigenvalue weighted by Crippen LogP contribution is -2.30. The summed E-state index contributed by atoms with van der Waals surface area (Å²) < 4.78 is 16.7. The van der Waals surface area contributed by atoms with Gasteiger partial charge in [0.05, 0.1) is 0 Å². The van der Waals surface area contributed by atoms with Crippen LogP contribution < -0.4 is 0 Å². The number of allylic oxidation sites excluding steroid dienone is 18. The predicted molar refractivity (Wildman–Crippen MR) is 270 cm³/mol. The second-order valence-electron chi connectivity index (χ2n) is 16.3. The van der Waals surface area contributed by atoms with Crippen molar-refractivity contribution in [1.29, 1.82) is 0 Å². The number of ether oxygens (including phenoxy) is 3. The van der Waals surface area contributed by atoms with Crippen LogP contribution >= 0.6 is 0 Å². The van der Waals surface area contributed by atoms with Gasteiger partial charge in [-0.15, -0.1) is 0 Å². The highest BCUT2D eigenvalue weighted by molar-refractivity contribution is 5.71. The molecular weight excluding hydrogens is 781 g/mol. The molecule has 0 aromatic heterocycles. The van der Waals surface area contributed by atoms with Crippen molar-refractivity contribution in [2.75, 3.05) is 13.2 Å². The van der Waals surface area contributed by atoms with Gasteiger partial charge < -0.3 is 14.2 Å². The van der Waals surface area contributed by atoms with Gasteiger partial charge in [0.15, 0.2) is 6.10 Å². The molecule has 0 bridgehead atoms. The standard InChI is InChI=1S/C57H92O6/c1-4-7-10-13-16-19-22-25-27-29-31-32-35-38-41-44-47-50-56(59)62-53-54(52-61-55(58)49-46-43-40-37-34-24-21-18-15-12-9-6-3)63-57(60)51-48-45-42-39-36-33-30-28-26-23-20-17-14-11-8-5-2/h8-9,11-12,17-18,20-21,25-28,33-34,36-37,42,45,54H,4-7,10,13-16,19,22-24,29-32,35,38-41,43-44,46-53H2,1-3H3/b11-8-,12-9-,20-17-,21-18-,27-25-,28-26-,36-33-,37-34-,45-42-. The molecule has 0 heterocycles. The molecular formula is C57H92O6. The van der Waals surface area contributed by atoms with Gasteiger partial charge in [0.1, 0.15) is 13.2 Å². The summed E-state index contributed by atoms with van der Waals surface area (Å²) in [6.07, 6.45) is 68.1. The van der Waals surface area contributed by atoms with Crippen LogP contribution in [0, 0.1) is 0 Å². The van der Waals surface area contributed by atoms with Crippen molar-refractivity contribution < 1.29 is 28.6 Å². The Morgan fingerprint density at radius 2 is 0.651 bits per heavy atom. The monoisotopic (exact) mass is 873 g/mol. The number of rotatable bonds is 44. The molecule has 0 spiro atoms. The molecule has 0 saturated heterocycles. The molecule has 6 heteroatoms. The zero-order chi connectivity index (χ0) is 45.8. The highest BCUT2D eigenvalue weighted by atomic mass is 16.6. The van der Waals surface area contributed by atoms with E-state index in [4.69, 9.17) is 14.2 Å². The average molecular weight is 873 g/mol. The van der Waals surface area contributed by atoms with Gasteiger partial charge in [-0.05, 0) is 109 Å². The quantitative estimate of drug-likeness (QED) is 0.0263. The minimum absolute atomic E-state index is 0.124. The van der Waals surface area contributed by atoms with Gasteiger partial charge in [-0.3, -0.25) is 14.4 Å². The fourth-order valence-corrected chi connectivity index (χ4v) is 6.50. The zero-order valence-electron chi connectivity index (χ0n) is 40.5. The van der Waals surface area contributed by atoms with E-state index in [-0.39, 0.29) is 31.6 Å². The second-order valence-corrected chi connectivity index (χ2v) is 16.3. The number of carbonyl (C=O) groups excluding carboxylic acids is 3. The molecule has 6 nitrogen and oxygen atoms in total. The fraction of sp³-hybridized carbons (Fsp3) is 0.632. The third-order valence-electron chi connectivity index (χ3n) is 10.3. The minimum atomic E-state index is -0.836. The Balaban J connectivity index is 4.54. The van der Waals surface area contributed by atoms with E-state index < -0.39 is 12.1 Å². The van der Waals surface area contributed by atoms with Crippen molar-refractivity contribution in [2.24, 2.45) is 0 Å². The highest BCUT2D eigenvalue weighted by Gasteiger charge is 2.19. The molecule has 0 radical (unpaired) electrons. The van der Waals surface area contributed by atoms with Crippen molar-refractivity contribution in [3.05, 3.63) is 109 Å². The van der Waals surface area contributed by atoms with Gasteiger partial charge in [-0.2, -0.15) is 0 Å². The molecule has 0 aromatic rings. The molecule has 0 aliphatic rings. The first-order chi connectivity index (χ1) is 31.0. The van der Waals surface area contributed by atoms with Crippen molar-refractivity contribution >= 4 is 17.9 Å². The predicted octanol–water partition coefficient (Wildman–Crippen LogP) is 16.8. The summed E-state index contributed by atoms with van der Waals surface area (Å²) in [4.78, 5) is 37.9. The maximum absolute atomic E-state index is 12.8. The maximum atomic E-state index is 12.8. The van der Waals surface area contributed by atoms with Gasteiger partial charge in [-0.25, -0.2) is 0 Å². The maximum Gasteiger partial charge on any atom is 0.306 e. The molecule has 1 unspecified atom stereocenters. The Hall–Kier alpha value is -3.93.